The van der Waals surface area contributed by atoms with Crippen molar-refractivity contribution in [3.8, 4) is 0 Å². The molecule has 0 saturated heterocycles. The number of nitrogens with zero attached hydrogens (tertiary/aromatic N) is 4. The molecular weight excluding hydrogens is 276 g/mol. The van der Waals surface area contributed by atoms with E-state index in [1.54, 1.807) is 18.6 Å². The van der Waals surface area contributed by atoms with Gasteiger partial charge in [0.05, 0.1) is 5.69 Å². The van der Waals surface area contributed by atoms with Gasteiger partial charge in [0.1, 0.15) is 12.0 Å². The Labute approximate surface area is 129 Å². The number of carbonyl (C=O) groups excluding carboxylic acids is 1. The van der Waals surface area contributed by atoms with Crippen LogP contribution in [0.25, 0.3) is 0 Å². The number of rotatable bonds is 2. The summed E-state index contributed by atoms with van der Waals surface area (Å²) in [5.41, 5.74) is 4.13. The fourth-order valence-electron chi connectivity index (χ4n) is 3.11. The van der Waals surface area contributed by atoms with E-state index in [-0.39, 0.29) is 5.91 Å². The Hall–Kier alpha value is -2.30. The number of hydrogen-bond acceptors (Lipinski definition) is 4. The van der Waals surface area contributed by atoms with Gasteiger partial charge in [-0.2, -0.15) is 0 Å². The Morgan fingerprint density at radius 2 is 1.95 bits per heavy atom. The van der Waals surface area contributed by atoms with Crippen LogP contribution in [0.5, 0.6) is 0 Å². The summed E-state index contributed by atoms with van der Waals surface area (Å²) in [7, 11) is 0. The van der Waals surface area contributed by atoms with E-state index in [1.807, 2.05) is 17.0 Å². The first-order valence-electron chi connectivity index (χ1n) is 7.86. The van der Waals surface area contributed by atoms with Crippen LogP contribution in [0.15, 0.2) is 30.7 Å². The second-order valence-corrected chi connectivity index (χ2v) is 5.97. The highest BCUT2D eigenvalue weighted by atomic mass is 16.2. The van der Waals surface area contributed by atoms with Gasteiger partial charge in [-0.05, 0) is 37.0 Å². The predicted octanol–water partition coefficient (Wildman–Crippen LogP) is 1.99. The molecule has 0 N–H and O–H groups in total. The van der Waals surface area contributed by atoms with E-state index < -0.39 is 0 Å². The largest absolute Gasteiger partial charge is 0.337 e. The SMILES string of the molecule is O=C(c1ccccn1)N1CCc2ncnc(C3CC3)c2CC1. The summed E-state index contributed by atoms with van der Waals surface area (Å²) in [6.07, 6.45) is 7.47. The summed E-state index contributed by atoms with van der Waals surface area (Å²) in [6, 6.07) is 5.45. The molecular formula is C17H18N4O. The van der Waals surface area contributed by atoms with Crippen molar-refractivity contribution in [2.75, 3.05) is 13.1 Å². The average molecular weight is 294 g/mol. The normalized spacial score (nSPS) is 17.7. The van der Waals surface area contributed by atoms with E-state index in [0.29, 0.717) is 18.2 Å². The smallest absolute Gasteiger partial charge is 0.272 e. The second kappa shape index (κ2) is 5.48. The fourth-order valence-corrected chi connectivity index (χ4v) is 3.11. The number of amides is 1. The highest BCUT2D eigenvalue weighted by Crippen LogP contribution is 2.41. The minimum Gasteiger partial charge on any atom is -0.337 e. The van der Waals surface area contributed by atoms with Crippen LogP contribution < -0.4 is 0 Å². The summed E-state index contributed by atoms with van der Waals surface area (Å²) in [6.45, 7) is 1.42. The molecule has 0 unspecified atom stereocenters. The van der Waals surface area contributed by atoms with Gasteiger partial charge in [-0.1, -0.05) is 6.07 Å². The summed E-state index contributed by atoms with van der Waals surface area (Å²) in [5, 5.41) is 0. The third-order valence-electron chi connectivity index (χ3n) is 4.45. The summed E-state index contributed by atoms with van der Waals surface area (Å²) < 4.78 is 0. The molecule has 1 fully saturated rings. The first kappa shape index (κ1) is 13.4. The maximum Gasteiger partial charge on any atom is 0.272 e. The van der Waals surface area contributed by atoms with Crippen LogP contribution in [-0.2, 0) is 12.8 Å². The fraction of sp³-hybridized carbons (Fsp3) is 0.412. The van der Waals surface area contributed by atoms with Crippen LogP contribution in [0, 0.1) is 0 Å². The Morgan fingerprint density at radius 1 is 1.09 bits per heavy atom. The Bertz CT molecular complexity index is 697. The molecule has 0 atom stereocenters. The van der Waals surface area contributed by atoms with Gasteiger partial charge in [0, 0.05) is 37.3 Å². The van der Waals surface area contributed by atoms with E-state index in [1.165, 1.54) is 24.1 Å². The number of hydrogen-bond donors (Lipinski definition) is 0. The third-order valence-corrected chi connectivity index (χ3v) is 4.45. The van der Waals surface area contributed by atoms with Crippen molar-refractivity contribution in [3.05, 3.63) is 53.4 Å². The van der Waals surface area contributed by atoms with Crippen LogP contribution in [0.3, 0.4) is 0 Å². The maximum atomic E-state index is 12.6. The Kier molecular flexibility index (Phi) is 3.33. The van der Waals surface area contributed by atoms with E-state index in [9.17, 15) is 4.79 Å². The van der Waals surface area contributed by atoms with Crippen molar-refractivity contribution in [2.24, 2.45) is 0 Å². The Balaban J connectivity index is 1.56. The summed E-state index contributed by atoms with van der Waals surface area (Å²) >= 11 is 0. The molecule has 0 bridgehead atoms. The monoisotopic (exact) mass is 294 g/mol. The third kappa shape index (κ3) is 2.47. The number of pyridine rings is 1. The molecule has 5 heteroatoms. The van der Waals surface area contributed by atoms with Gasteiger partial charge in [-0.25, -0.2) is 9.97 Å². The molecule has 1 saturated carbocycles. The maximum absolute atomic E-state index is 12.6. The first-order valence-corrected chi connectivity index (χ1v) is 7.86. The molecule has 1 aliphatic heterocycles. The van der Waals surface area contributed by atoms with Crippen molar-refractivity contribution >= 4 is 5.91 Å². The van der Waals surface area contributed by atoms with Crippen molar-refractivity contribution in [3.63, 3.8) is 0 Å². The van der Waals surface area contributed by atoms with Crippen LogP contribution >= 0.6 is 0 Å². The van der Waals surface area contributed by atoms with Gasteiger partial charge in [0.2, 0.25) is 0 Å². The molecule has 0 aromatic carbocycles. The highest BCUT2D eigenvalue weighted by molar-refractivity contribution is 5.92. The van der Waals surface area contributed by atoms with E-state index in [2.05, 4.69) is 15.0 Å². The summed E-state index contributed by atoms with van der Waals surface area (Å²) in [4.78, 5) is 27.6. The molecule has 3 heterocycles. The van der Waals surface area contributed by atoms with Crippen LogP contribution in [0.2, 0.25) is 0 Å². The molecule has 4 rings (SSSR count). The lowest BCUT2D eigenvalue weighted by Gasteiger charge is -2.19. The lowest BCUT2D eigenvalue weighted by atomic mass is 10.0. The zero-order valence-electron chi connectivity index (χ0n) is 12.4. The van der Waals surface area contributed by atoms with Gasteiger partial charge >= 0.3 is 0 Å². The lowest BCUT2D eigenvalue weighted by molar-refractivity contribution is 0.0757. The van der Waals surface area contributed by atoms with Crippen molar-refractivity contribution < 1.29 is 4.79 Å². The van der Waals surface area contributed by atoms with Crippen molar-refractivity contribution in [1.29, 1.82) is 0 Å². The quantitative estimate of drug-likeness (QED) is 0.850. The highest BCUT2D eigenvalue weighted by Gasteiger charge is 2.30. The molecule has 0 radical (unpaired) electrons. The van der Waals surface area contributed by atoms with E-state index in [0.717, 1.165) is 25.1 Å². The van der Waals surface area contributed by atoms with Gasteiger partial charge in [0.15, 0.2) is 0 Å². The van der Waals surface area contributed by atoms with Gasteiger partial charge in [-0.15, -0.1) is 0 Å². The molecule has 2 aliphatic rings. The standard InChI is InChI=1S/C17H18N4O/c22-17(15-3-1-2-8-18-15)21-9-6-13-14(7-10-21)19-11-20-16(13)12-4-5-12/h1-3,8,11-12H,4-7,9-10H2. The molecule has 22 heavy (non-hydrogen) atoms. The minimum absolute atomic E-state index is 0.00865. The van der Waals surface area contributed by atoms with E-state index >= 15 is 0 Å². The van der Waals surface area contributed by atoms with E-state index in [4.69, 9.17) is 0 Å². The zero-order chi connectivity index (χ0) is 14.9. The van der Waals surface area contributed by atoms with Gasteiger partial charge in [-0.3, -0.25) is 9.78 Å². The van der Waals surface area contributed by atoms with Crippen molar-refractivity contribution in [2.45, 2.75) is 31.6 Å². The average Bonchev–Trinajstić information content (AvgIpc) is 3.41. The number of carbonyl (C=O) groups is 1. The molecule has 5 nitrogen and oxygen atoms in total. The summed E-state index contributed by atoms with van der Waals surface area (Å²) in [5.74, 6) is 0.629. The molecule has 1 aliphatic carbocycles. The minimum atomic E-state index is 0.00865. The van der Waals surface area contributed by atoms with Gasteiger partial charge < -0.3 is 4.90 Å². The van der Waals surface area contributed by atoms with Crippen LogP contribution in [-0.4, -0.2) is 38.8 Å². The van der Waals surface area contributed by atoms with Gasteiger partial charge in [0.25, 0.3) is 5.91 Å². The number of fused-ring (bicyclic) bond motifs is 1. The second-order valence-electron chi connectivity index (χ2n) is 5.97. The number of aromatic nitrogens is 3. The topological polar surface area (TPSA) is 59.0 Å². The predicted molar refractivity (Wildman–Crippen MR) is 81.6 cm³/mol. The Morgan fingerprint density at radius 3 is 2.73 bits per heavy atom. The van der Waals surface area contributed by atoms with Crippen molar-refractivity contribution in [1.82, 2.24) is 19.9 Å². The zero-order valence-corrected chi connectivity index (χ0v) is 12.4. The van der Waals surface area contributed by atoms with Crippen LogP contribution in [0.4, 0.5) is 0 Å². The molecule has 2 aromatic heterocycles. The molecule has 0 spiro atoms. The molecule has 112 valence electrons. The van der Waals surface area contributed by atoms with Crippen LogP contribution in [0.1, 0.15) is 46.2 Å². The molecule has 2 aromatic rings. The molecule has 1 amide bonds. The first-order chi connectivity index (χ1) is 10.8. The lowest BCUT2D eigenvalue weighted by Crippen LogP contribution is -2.33.